The molecule has 3 N–H and O–H groups in total. The van der Waals surface area contributed by atoms with E-state index in [0.717, 1.165) is 25.9 Å². The van der Waals surface area contributed by atoms with Gasteiger partial charge >= 0.3 is 0 Å². The molecule has 5 nitrogen and oxygen atoms in total. The van der Waals surface area contributed by atoms with E-state index in [0.29, 0.717) is 6.04 Å². The lowest BCUT2D eigenvalue weighted by molar-refractivity contribution is 0.0911. The highest BCUT2D eigenvalue weighted by Gasteiger charge is 2.36. The number of aromatic nitrogens is 1. The Bertz CT molecular complexity index is 522. The highest BCUT2D eigenvalue weighted by Crippen LogP contribution is 2.27. The van der Waals surface area contributed by atoms with Crippen molar-refractivity contribution in [3.63, 3.8) is 0 Å². The monoisotopic (exact) mass is 278 g/mol. The smallest absolute Gasteiger partial charge is 0.254 e. The summed E-state index contributed by atoms with van der Waals surface area (Å²) in [7, 11) is 0. The predicted molar refractivity (Wildman–Crippen MR) is 73.7 cm³/mol. The van der Waals surface area contributed by atoms with Crippen molar-refractivity contribution in [1.29, 1.82) is 0 Å². The van der Waals surface area contributed by atoms with Crippen LogP contribution < -0.4 is 11.1 Å². The van der Waals surface area contributed by atoms with Crippen molar-refractivity contribution in [2.75, 3.05) is 18.8 Å². The van der Waals surface area contributed by atoms with Gasteiger partial charge in [-0.1, -0.05) is 6.42 Å². The number of halogens is 1. The van der Waals surface area contributed by atoms with Crippen LogP contribution in [0.5, 0.6) is 0 Å². The van der Waals surface area contributed by atoms with Gasteiger partial charge in [-0.05, 0) is 31.9 Å². The highest BCUT2D eigenvalue weighted by atomic mass is 19.1. The third-order valence-corrected chi connectivity index (χ3v) is 4.33. The number of nitrogens with one attached hydrogen (secondary N) is 1. The quantitative estimate of drug-likeness (QED) is 0.851. The first-order valence-corrected chi connectivity index (χ1v) is 7.11. The number of hydrogen-bond donors (Lipinski definition) is 2. The molecule has 1 aromatic heterocycles. The molecule has 0 radical (unpaired) electrons. The van der Waals surface area contributed by atoms with Crippen LogP contribution in [0, 0.1) is 5.82 Å². The first-order valence-electron chi connectivity index (χ1n) is 7.11. The molecule has 3 rings (SSSR count). The molecule has 2 fully saturated rings. The van der Waals surface area contributed by atoms with E-state index in [-0.39, 0.29) is 17.4 Å². The summed E-state index contributed by atoms with van der Waals surface area (Å²) in [6.45, 7) is 2.12. The molecule has 2 saturated heterocycles. The Kier molecular flexibility index (Phi) is 3.56. The fraction of sp³-hybridized carbons (Fsp3) is 0.571. The normalized spacial score (nSPS) is 26.2. The van der Waals surface area contributed by atoms with Gasteiger partial charge < -0.3 is 11.1 Å². The molecule has 2 unspecified atom stereocenters. The number of nitrogens with zero attached hydrogens (tertiary/aromatic N) is 2. The molecule has 0 aromatic carbocycles. The SMILES string of the molecule is Nc1nccc(C(=O)NC2CCN3CCCCC23)c1F. The number of amides is 1. The number of pyridine rings is 1. The lowest BCUT2D eigenvalue weighted by atomic mass is 9.99. The number of hydrogen-bond acceptors (Lipinski definition) is 4. The largest absolute Gasteiger partial charge is 0.381 e. The Morgan fingerprint density at radius 1 is 1.40 bits per heavy atom. The van der Waals surface area contributed by atoms with Crippen molar-refractivity contribution < 1.29 is 9.18 Å². The molecule has 1 aromatic rings. The van der Waals surface area contributed by atoms with Crippen LogP contribution in [-0.2, 0) is 0 Å². The van der Waals surface area contributed by atoms with Gasteiger partial charge in [0.25, 0.3) is 5.91 Å². The number of carbonyl (C=O) groups excluding carboxylic acids is 1. The van der Waals surface area contributed by atoms with E-state index in [1.165, 1.54) is 25.1 Å². The molecular formula is C14H19FN4O. The van der Waals surface area contributed by atoms with Gasteiger partial charge in [0.1, 0.15) is 0 Å². The molecule has 6 heteroatoms. The van der Waals surface area contributed by atoms with Crippen LogP contribution in [0.15, 0.2) is 12.3 Å². The number of anilines is 1. The zero-order valence-corrected chi connectivity index (χ0v) is 11.3. The summed E-state index contributed by atoms with van der Waals surface area (Å²) in [4.78, 5) is 18.3. The topological polar surface area (TPSA) is 71.2 Å². The average molecular weight is 278 g/mol. The fourth-order valence-corrected chi connectivity index (χ4v) is 3.30. The third-order valence-electron chi connectivity index (χ3n) is 4.33. The minimum absolute atomic E-state index is 0.0215. The number of carbonyl (C=O) groups is 1. The Balaban J connectivity index is 1.71. The summed E-state index contributed by atoms with van der Waals surface area (Å²) in [5, 5.41) is 2.96. The van der Waals surface area contributed by atoms with Gasteiger partial charge in [-0.15, -0.1) is 0 Å². The zero-order chi connectivity index (χ0) is 14.1. The maximum absolute atomic E-state index is 13.8. The lowest BCUT2D eigenvalue weighted by Gasteiger charge is -2.32. The first kappa shape index (κ1) is 13.3. The van der Waals surface area contributed by atoms with Gasteiger partial charge in [0.2, 0.25) is 0 Å². The number of rotatable bonds is 2. The summed E-state index contributed by atoms with van der Waals surface area (Å²) in [6, 6.07) is 1.88. The van der Waals surface area contributed by atoms with Gasteiger partial charge in [0.15, 0.2) is 11.6 Å². The summed E-state index contributed by atoms with van der Waals surface area (Å²) in [5.74, 6) is -1.36. The Morgan fingerprint density at radius 2 is 2.25 bits per heavy atom. The Morgan fingerprint density at radius 3 is 3.10 bits per heavy atom. The molecule has 0 bridgehead atoms. The maximum Gasteiger partial charge on any atom is 0.254 e. The summed E-state index contributed by atoms with van der Waals surface area (Å²) in [5.41, 5.74) is 5.38. The van der Waals surface area contributed by atoms with E-state index in [1.54, 1.807) is 0 Å². The van der Waals surface area contributed by atoms with E-state index < -0.39 is 11.7 Å². The fourth-order valence-electron chi connectivity index (χ4n) is 3.30. The van der Waals surface area contributed by atoms with E-state index in [4.69, 9.17) is 5.73 Å². The zero-order valence-electron chi connectivity index (χ0n) is 11.3. The number of fused-ring (bicyclic) bond motifs is 1. The van der Waals surface area contributed by atoms with Crippen molar-refractivity contribution in [3.05, 3.63) is 23.6 Å². The molecule has 2 atom stereocenters. The second kappa shape index (κ2) is 5.36. The van der Waals surface area contributed by atoms with Crippen LogP contribution in [-0.4, -0.2) is 41.0 Å². The summed E-state index contributed by atoms with van der Waals surface area (Å²) < 4.78 is 13.8. The van der Waals surface area contributed by atoms with Crippen molar-refractivity contribution in [3.8, 4) is 0 Å². The molecule has 108 valence electrons. The van der Waals surface area contributed by atoms with E-state index in [1.807, 2.05) is 0 Å². The van der Waals surface area contributed by atoms with Crippen LogP contribution in [0.1, 0.15) is 36.0 Å². The molecule has 2 aliphatic rings. The molecule has 0 saturated carbocycles. The Labute approximate surface area is 117 Å². The molecule has 20 heavy (non-hydrogen) atoms. The van der Waals surface area contributed by atoms with Gasteiger partial charge in [-0.25, -0.2) is 9.37 Å². The first-order chi connectivity index (χ1) is 9.66. The van der Waals surface area contributed by atoms with Crippen molar-refractivity contribution >= 4 is 11.7 Å². The highest BCUT2D eigenvalue weighted by molar-refractivity contribution is 5.95. The van der Waals surface area contributed by atoms with Gasteiger partial charge in [-0.3, -0.25) is 9.69 Å². The summed E-state index contributed by atoms with van der Waals surface area (Å²) in [6.07, 6.45) is 5.82. The molecule has 3 heterocycles. The van der Waals surface area contributed by atoms with Crippen LogP contribution in [0.25, 0.3) is 0 Å². The van der Waals surface area contributed by atoms with Crippen LogP contribution in [0.3, 0.4) is 0 Å². The van der Waals surface area contributed by atoms with E-state index in [2.05, 4.69) is 15.2 Å². The maximum atomic E-state index is 13.8. The minimum atomic E-state index is -0.733. The van der Waals surface area contributed by atoms with Gasteiger partial charge in [0, 0.05) is 24.8 Å². The number of nitrogen functional groups attached to an aromatic ring is 1. The summed E-state index contributed by atoms with van der Waals surface area (Å²) >= 11 is 0. The standard InChI is InChI=1S/C14H19FN4O/c15-12-9(4-6-17-13(12)16)14(20)18-10-5-8-19-7-2-1-3-11(10)19/h4,6,10-11H,1-3,5,7-8H2,(H2,16,17)(H,18,20). The number of piperidine rings is 1. The van der Waals surface area contributed by atoms with Crippen LogP contribution in [0.2, 0.25) is 0 Å². The van der Waals surface area contributed by atoms with E-state index >= 15 is 0 Å². The third kappa shape index (κ3) is 2.35. The molecular weight excluding hydrogens is 259 g/mol. The Hall–Kier alpha value is -1.69. The average Bonchev–Trinajstić information content (AvgIpc) is 2.85. The molecule has 0 aliphatic carbocycles. The molecule has 1 amide bonds. The van der Waals surface area contributed by atoms with Crippen molar-refractivity contribution in [2.45, 2.75) is 37.8 Å². The van der Waals surface area contributed by atoms with Crippen LogP contribution >= 0.6 is 0 Å². The van der Waals surface area contributed by atoms with Crippen molar-refractivity contribution in [2.24, 2.45) is 0 Å². The molecule has 0 spiro atoms. The second-order valence-electron chi connectivity index (χ2n) is 5.53. The van der Waals surface area contributed by atoms with Crippen molar-refractivity contribution in [1.82, 2.24) is 15.2 Å². The molecule has 2 aliphatic heterocycles. The van der Waals surface area contributed by atoms with Gasteiger partial charge in [-0.2, -0.15) is 0 Å². The second-order valence-corrected chi connectivity index (χ2v) is 5.53. The number of nitrogens with two attached hydrogens (primary N) is 1. The van der Waals surface area contributed by atoms with Crippen LogP contribution in [0.4, 0.5) is 10.2 Å². The minimum Gasteiger partial charge on any atom is -0.381 e. The predicted octanol–water partition coefficient (Wildman–Crippen LogP) is 1.16. The van der Waals surface area contributed by atoms with E-state index in [9.17, 15) is 9.18 Å². The van der Waals surface area contributed by atoms with Gasteiger partial charge in [0.05, 0.1) is 5.56 Å². The lowest BCUT2D eigenvalue weighted by Crippen LogP contribution is -2.47.